The number of aliphatic imine (C=N–C) groups is 1. The summed E-state index contributed by atoms with van der Waals surface area (Å²) in [5.74, 6) is -5.88. The Morgan fingerprint density at radius 1 is 1.20 bits per heavy atom. The topological polar surface area (TPSA) is 121 Å². The average Bonchev–Trinajstić information content (AvgIpc) is 3.02. The predicted octanol–water partition coefficient (Wildman–Crippen LogP) is 6.27. The van der Waals surface area contributed by atoms with Crippen molar-refractivity contribution < 1.29 is 18.0 Å². The number of carbonyl (C=O) groups excluding carboxylic acids is 1. The third kappa shape index (κ3) is 5.21. The highest BCUT2D eigenvalue weighted by molar-refractivity contribution is 6.37. The molecule has 1 aromatic carbocycles. The van der Waals surface area contributed by atoms with Crippen LogP contribution in [0, 0.1) is 40.6 Å². The third-order valence-electron chi connectivity index (χ3n) is 8.45. The van der Waals surface area contributed by atoms with Gasteiger partial charge in [-0.3, -0.25) is 19.1 Å². The van der Waals surface area contributed by atoms with E-state index in [4.69, 9.17) is 28.9 Å². The summed E-state index contributed by atoms with van der Waals surface area (Å²) in [5, 5.41) is 9.70. The molecule has 2 unspecified atom stereocenters. The molecule has 0 spiro atoms. The zero-order valence-corrected chi connectivity index (χ0v) is 26.9. The number of allylic oxidation sites excluding steroid dienone is 1. The molecule has 3 atom stereocenters. The molecule has 0 radical (unpaired) electrons. The number of nitrogens with two attached hydrogens (primary N) is 1. The van der Waals surface area contributed by atoms with Crippen molar-refractivity contribution in [3.63, 3.8) is 0 Å². The molecule has 240 valence electrons. The number of anilines is 2. The van der Waals surface area contributed by atoms with Gasteiger partial charge in [0.25, 0.3) is 5.56 Å². The van der Waals surface area contributed by atoms with Gasteiger partial charge in [-0.25, -0.2) is 18.2 Å². The Hall–Kier alpha value is -4.34. The number of halogens is 5. The zero-order valence-electron chi connectivity index (χ0n) is 25.4. The van der Waals surface area contributed by atoms with Crippen molar-refractivity contribution in [3.05, 3.63) is 74.4 Å². The van der Waals surface area contributed by atoms with Gasteiger partial charge in [-0.15, -0.1) is 0 Å². The van der Waals surface area contributed by atoms with E-state index in [0.717, 1.165) is 0 Å². The molecule has 1 fully saturated rings. The lowest BCUT2D eigenvalue weighted by molar-refractivity contribution is -0.128. The summed E-state index contributed by atoms with van der Waals surface area (Å²) < 4.78 is 45.0. The number of benzene rings is 1. The number of nitriles is 1. The van der Waals surface area contributed by atoms with E-state index >= 15 is 0 Å². The van der Waals surface area contributed by atoms with Gasteiger partial charge < -0.3 is 15.5 Å². The van der Waals surface area contributed by atoms with Crippen LogP contribution in [-0.4, -0.2) is 51.7 Å². The normalized spacial score (nSPS) is 19.8. The minimum absolute atomic E-state index is 0.0109. The van der Waals surface area contributed by atoms with Gasteiger partial charge in [0.2, 0.25) is 5.91 Å². The average molecular weight is 673 g/mol. The van der Waals surface area contributed by atoms with Crippen molar-refractivity contribution in [2.24, 2.45) is 16.8 Å². The number of hydrogen-bond donors (Lipinski definition) is 1. The van der Waals surface area contributed by atoms with Gasteiger partial charge in [0.05, 0.1) is 33.2 Å². The molecule has 1 saturated heterocycles. The fourth-order valence-corrected chi connectivity index (χ4v) is 6.73. The van der Waals surface area contributed by atoms with Crippen LogP contribution < -0.4 is 16.2 Å². The highest BCUT2D eigenvalue weighted by atomic mass is 35.5. The van der Waals surface area contributed by atoms with E-state index in [1.165, 1.54) is 16.7 Å². The summed E-state index contributed by atoms with van der Waals surface area (Å²) >= 11 is 12.9. The van der Waals surface area contributed by atoms with Crippen molar-refractivity contribution in [1.29, 1.82) is 5.26 Å². The van der Waals surface area contributed by atoms with E-state index in [1.54, 1.807) is 11.1 Å². The molecule has 46 heavy (non-hydrogen) atoms. The van der Waals surface area contributed by atoms with Crippen molar-refractivity contribution in [2.45, 2.75) is 39.8 Å². The van der Waals surface area contributed by atoms with Gasteiger partial charge in [-0.1, -0.05) is 56.6 Å². The summed E-state index contributed by atoms with van der Waals surface area (Å²) in [6, 6.07) is 2.46. The van der Waals surface area contributed by atoms with Crippen LogP contribution in [0.2, 0.25) is 10.0 Å². The highest BCUT2D eigenvalue weighted by Crippen LogP contribution is 2.43. The largest absolute Gasteiger partial charge is 0.396 e. The number of piperazine rings is 1. The van der Waals surface area contributed by atoms with Gasteiger partial charge in [0, 0.05) is 54.5 Å². The van der Waals surface area contributed by atoms with Crippen LogP contribution in [0.15, 0.2) is 40.8 Å². The van der Waals surface area contributed by atoms with E-state index in [-0.39, 0.29) is 76.4 Å². The first-order chi connectivity index (χ1) is 21.7. The fourth-order valence-electron chi connectivity index (χ4n) is 6.21. The summed E-state index contributed by atoms with van der Waals surface area (Å²) in [6.07, 6.45) is 4.68. The number of fused-ring (bicyclic) bond motifs is 1. The molecule has 0 saturated carbocycles. The van der Waals surface area contributed by atoms with Crippen molar-refractivity contribution in [3.8, 4) is 17.3 Å². The van der Waals surface area contributed by atoms with Crippen LogP contribution in [0.4, 0.5) is 24.5 Å². The van der Waals surface area contributed by atoms with Gasteiger partial charge in [-0.05, 0) is 25.0 Å². The number of nitrogen functional groups attached to an aromatic ring is 1. The van der Waals surface area contributed by atoms with E-state index in [2.05, 4.69) is 22.6 Å². The molecule has 3 aromatic rings. The van der Waals surface area contributed by atoms with Gasteiger partial charge >= 0.3 is 0 Å². The standard InChI is InChI=1S/C32H30Cl2F3N7O2/c1-6-20(45)43-10-9-42(13-16(43)5)30-17-11-19(33)28(21-22(34)23(35)24(36)25(37)26(21)39)41-31(17)44(32(46)18(30)12-38)29-15(4)7-8-40-27(29)14(2)3/h6-8,11,14-16,29H,1,9-10,13,39H2,2-5H3/t15?,16-,29?/m1/s1. The Kier molecular flexibility index (Phi) is 8.94. The number of amides is 1. The molecule has 1 amide bonds. The molecule has 2 N–H and O–H groups in total. The predicted molar refractivity (Wildman–Crippen MR) is 174 cm³/mol. The number of carbonyl (C=O) groups is 1. The summed E-state index contributed by atoms with van der Waals surface area (Å²) in [7, 11) is 0. The molecule has 2 aromatic heterocycles. The maximum Gasteiger partial charge on any atom is 0.272 e. The monoisotopic (exact) mass is 671 g/mol. The minimum Gasteiger partial charge on any atom is -0.396 e. The van der Waals surface area contributed by atoms with Crippen LogP contribution in [0.5, 0.6) is 0 Å². The van der Waals surface area contributed by atoms with Crippen molar-refractivity contribution in [1.82, 2.24) is 14.5 Å². The number of aromatic nitrogens is 2. The lowest BCUT2D eigenvalue weighted by atomic mass is 9.88. The Morgan fingerprint density at radius 3 is 2.50 bits per heavy atom. The smallest absolute Gasteiger partial charge is 0.272 e. The molecule has 0 bridgehead atoms. The lowest BCUT2D eigenvalue weighted by Gasteiger charge is -2.41. The van der Waals surface area contributed by atoms with E-state index in [1.807, 2.05) is 38.7 Å². The van der Waals surface area contributed by atoms with Gasteiger partial charge in [0.15, 0.2) is 17.5 Å². The molecule has 0 aliphatic carbocycles. The lowest BCUT2D eigenvalue weighted by Crippen LogP contribution is -2.54. The Morgan fingerprint density at radius 2 is 1.89 bits per heavy atom. The van der Waals surface area contributed by atoms with Crippen LogP contribution in [-0.2, 0) is 4.79 Å². The zero-order chi connectivity index (χ0) is 33.8. The first kappa shape index (κ1) is 33.0. The Balaban J connectivity index is 1.89. The number of nitrogens with zero attached hydrogens (tertiary/aromatic N) is 6. The Bertz CT molecular complexity index is 1940. The molecule has 4 heterocycles. The quantitative estimate of drug-likeness (QED) is 0.148. The second kappa shape index (κ2) is 12.5. The Labute approximate surface area is 273 Å². The van der Waals surface area contributed by atoms with E-state index in [0.29, 0.717) is 5.71 Å². The number of hydrogen-bond acceptors (Lipinski definition) is 7. The third-order valence-corrected chi connectivity index (χ3v) is 9.09. The second-order valence-electron chi connectivity index (χ2n) is 11.6. The van der Waals surface area contributed by atoms with Crippen LogP contribution >= 0.6 is 23.2 Å². The second-order valence-corrected chi connectivity index (χ2v) is 12.4. The van der Waals surface area contributed by atoms with Crippen LogP contribution in [0.3, 0.4) is 0 Å². The fraction of sp³-hybridized carbons (Fsp3) is 0.344. The molecule has 5 rings (SSSR count). The molecular weight excluding hydrogens is 642 g/mol. The molecule has 14 heteroatoms. The van der Waals surface area contributed by atoms with Crippen LogP contribution in [0.1, 0.15) is 39.3 Å². The van der Waals surface area contributed by atoms with E-state index < -0.39 is 45.3 Å². The maximum atomic E-state index is 14.7. The van der Waals surface area contributed by atoms with Crippen LogP contribution in [0.25, 0.3) is 22.3 Å². The molecule has 9 nitrogen and oxygen atoms in total. The summed E-state index contributed by atoms with van der Waals surface area (Å²) in [4.78, 5) is 39.6. The minimum atomic E-state index is -1.86. The van der Waals surface area contributed by atoms with Crippen molar-refractivity contribution in [2.75, 3.05) is 30.3 Å². The number of pyridine rings is 2. The molecule has 2 aliphatic heterocycles. The summed E-state index contributed by atoms with van der Waals surface area (Å²) in [6.45, 7) is 11.9. The first-order valence-corrected chi connectivity index (χ1v) is 15.2. The van der Waals surface area contributed by atoms with Crippen molar-refractivity contribution >= 4 is 57.2 Å². The molecular formula is C32H30Cl2F3N7O2. The summed E-state index contributed by atoms with van der Waals surface area (Å²) in [5.41, 5.74) is 4.30. The highest BCUT2D eigenvalue weighted by Gasteiger charge is 2.36. The van der Waals surface area contributed by atoms with Gasteiger partial charge in [-0.2, -0.15) is 5.26 Å². The van der Waals surface area contributed by atoms with Gasteiger partial charge in [0.1, 0.15) is 17.3 Å². The first-order valence-electron chi connectivity index (χ1n) is 14.5. The van der Waals surface area contributed by atoms with E-state index in [9.17, 15) is 28.0 Å². The maximum absolute atomic E-state index is 14.7. The molecule has 2 aliphatic rings. The SMILES string of the molecule is C=CC(=O)N1CCN(c2c(C#N)c(=O)n(C3C(C(C)C)=NC=CC3C)c3nc(-c4c(N)c(F)c(F)c(F)c4Cl)c(Cl)cc23)C[C@H]1C. The number of rotatable bonds is 5.